The molecular weight excluding hydrogens is 537 g/mol. The third-order valence-corrected chi connectivity index (χ3v) is 7.39. The minimum Gasteiger partial charge on any atom is -0.494 e. The Morgan fingerprint density at radius 1 is 0.914 bits per heavy atom. The van der Waals surface area contributed by atoms with Gasteiger partial charge >= 0.3 is 0 Å². The molecular formula is C26H21BrFNO5S. The number of methoxy groups -OCH3 is 3. The number of thiophene rings is 1. The van der Waals surface area contributed by atoms with Crippen molar-refractivity contribution in [2.75, 3.05) is 21.3 Å². The van der Waals surface area contributed by atoms with Gasteiger partial charge in [-0.25, -0.2) is 9.37 Å². The largest absolute Gasteiger partial charge is 0.494 e. The van der Waals surface area contributed by atoms with Gasteiger partial charge in [0.1, 0.15) is 23.0 Å². The lowest BCUT2D eigenvalue weighted by Crippen LogP contribution is -2.08. The fourth-order valence-corrected chi connectivity index (χ4v) is 5.55. The van der Waals surface area contributed by atoms with Gasteiger partial charge in [0.2, 0.25) is 0 Å². The molecule has 9 heteroatoms. The Kier molecular flexibility index (Phi) is 7.47. The highest BCUT2D eigenvalue weighted by molar-refractivity contribution is 9.11. The Bertz CT molecular complexity index is 1440. The highest BCUT2D eigenvalue weighted by atomic mass is 79.9. The normalized spacial score (nSPS) is 10.9. The molecule has 4 rings (SSSR count). The number of aromatic nitrogens is 1. The maximum Gasteiger partial charge on any atom is 0.181 e. The number of Topliss-reactive ketones (excluding diaryl/α,β-unsaturated/α-hetero) is 2. The molecule has 6 nitrogen and oxygen atoms in total. The Morgan fingerprint density at radius 3 is 2.31 bits per heavy atom. The van der Waals surface area contributed by atoms with Gasteiger partial charge in [0, 0.05) is 29.4 Å². The van der Waals surface area contributed by atoms with Crippen LogP contribution in [-0.2, 0) is 0 Å². The molecule has 2 aromatic carbocycles. The Balaban J connectivity index is 1.60. The lowest BCUT2D eigenvalue weighted by molar-refractivity contribution is 0.0915. The number of ether oxygens (including phenoxy) is 3. The van der Waals surface area contributed by atoms with Gasteiger partial charge in [-0.1, -0.05) is 12.1 Å². The van der Waals surface area contributed by atoms with Crippen molar-refractivity contribution in [3.8, 4) is 28.5 Å². The van der Waals surface area contributed by atoms with Crippen LogP contribution in [-0.4, -0.2) is 37.9 Å². The maximum absolute atomic E-state index is 14.3. The van der Waals surface area contributed by atoms with Gasteiger partial charge in [-0.3, -0.25) is 9.59 Å². The molecule has 0 saturated carbocycles. The van der Waals surface area contributed by atoms with Crippen molar-refractivity contribution in [2.24, 2.45) is 0 Å². The number of rotatable bonds is 9. The van der Waals surface area contributed by atoms with E-state index in [1.807, 2.05) is 0 Å². The minimum atomic E-state index is -0.334. The number of pyridine rings is 1. The highest BCUT2D eigenvalue weighted by Gasteiger charge is 2.22. The third-order valence-electron chi connectivity index (χ3n) is 5.51. The second kappa shape index (κ2) is 10.5. The molecule has 2 heterocycles. The number of hydrogen-bond donors (Lipinski definition) is 0. The van der Waals surface area contributed by atoms with Crippen LogP contribution >= 0.6 is 27.3 Å². The lowest BCUT2D eigenvalue weighted by atomic mass is 10.0. The Labute approximate surface area is 213 Å². The maximum atomic E-state index is 14.3. The zero-order valence-electron chi connectivity index (χ0n) is 19.2. The average Bonchev–Trinajstić information content (AvgIpc) is 3.23. The molecule has 0 fully saturated rings. The summed E-state index contributed by atoms with van der Waals surface area (Å²) in [6, 6.07) is 12.9. The number of halogens is 2. The first-order chi connectivity index (χ1) is 16.9. The van der Waals surface area contributed by atoms with Crippen LogP contribution in [0, 0.1) is 5.82 Å². The summed E-state index contributed by atoms with van der Waals surface area (Å²) in [5.41, 5.74) is 1.70. The topological polar surface area (TPSA) is 74.7 Å². The van der Waals surface area contributed by atoms with Crippen LogP contribution in [0.2, 0.25) is 0 Å². The van der Waals surface area contributed by atoms with E-state index in [-0.39, 0.29) is 35.9 Å². The molecule has 0 aliphatic rings. The van der Waals surface area contributed by atoms with Gasteiger partial charge in [0.15, 0.2) is 23.1 Å². The number of hydrogen-bond acceptors (Lipinski definition) is 7. The number of benzene rings is 2. The second-order valence-corrected chi connectivity index (χ2v) is 9.87. The van der Waals surface area contributed by atoms with Crippen molar-refractivity contribution in [1.82, 2.24) is 4.98 Å². The summed E-state index contributed by atoms with van der Waals surface area (Å²) in [7, 11) is 4.51. The van der Waals surface area contributed by atoms with E-state index in [2.05, 4.69) is 20.9 Å². The summed E-state index contributed by atoms with van der Waals surface area (Å²) >= 11 is 4.76. The molecule has 0 amide bonds. The molecule has 180 valence electrons. The third kappa shape index (κ3) is 4.92. The van der Waals surface area contributed by atoms with Crippen LogP contribution < -0.4 is 14.2 Å². The summed E-state index contributed by atoms with van der Waals surface area (Å²) < 4.78 is 31.4. The van der Waals surface area contributed by atoms with E-state index in [0.717, 1.165) is 0 Å². The number of carbonyl (C=O) groups excluding carboxylic acids is 2. The molecule has 0 atom stereocenters. The van der Waals surface area contributed by atoms with Crippen molar-refractivity contribution >= 4 is 48.9 Å². The van der Waals surface area contributed by atoms with Crippen molar-refractivity contribution in [3.63, 3.8) is 0 Å². The molecule has 4 aromatic rings. The molecule has 0 N–H and O–H groups in total. The van der Waals surface area contributed by atoms with E-state index in [4.69, 9.17) is 14.2 Å². The molecule has 0 saturated heterocycles. The van der Waals surface area contributed by atoms with Crippen LogP contribution in [0.25, 0.3) is 21.3 Å². The summed E-state index contributed by atoms with van der Waals surface area (Å²) in [4.78, 5) is 30.2. The van der Waals surface area contributed by atoms with E-state index in [0.29, 0.717) is 47.9 Å². The first-order valence-electron chi connectivity index (χ1n) is 10.6. The Morgan fingerprint density at radius 2 is 1.60 bits per heavy atom. The molecule has 2 aromatic heterocycles. The molecule has 0 bridgehead atoms. The van der Waals surface area contributed by atoms with E-state index in [1.165, 1.54) is 38.7 Å². The minimum absolute atomic E-state index is 0.00759. The first kappa shape index (κ1) is 24.8. The molecule has 0 spiro atoms. The van der Waals surface area contributed by atoms with E-state index in [9.17, 15) is 14.0 Å². The van der Waals surface area contributed by atoms with Crippen molar-refractivity contribution in [1.29, 1.82) is 0 Å². The van der Waals surface area contributed by atoms with Gasteiger partial charge in [-0.15, -0.1) is 11.3 Å². The molecule has 0 aliphatic heterocycles. The number of ketones is 2. The van der Waals surface area contributed by atoms with Crippen molar-refractivity contribution in [2.45, 2.75) is 12.8 Å². The van der Waals surface area contributed by atoms with E-state index >= 15 is 0 Å². The Hall–Kier alpha value is -3.30. The van der Waals surface area contributed by atoms with Crippen LogP contribution in [0.3, 0.4) is 0 Å². The second-order valence-electron chi connectivity index (χ2n) is 7.53. The molecule has 0 radical (unpaired) electrons. The smallest absolute Gasteiger partial charge is 0.181 e. The first-order valence-corrected chi connectivity index (χ1v) is 12.2. The van der Waals surface area contributed by atoms with Crippen LogP contribution in [0.1, 0.15) is 33.7 Å². The summed E-state index contributed by atoms with van der Waals surface area (Å²) in [5.74, 6) is 0.588. The van der Waals surface area contributed by atoms with Gasteiger partial charge in [-0.05, 0) is 52.3 Å². The molecule has 35 heavy (non-hydrogen) atoms. The van der Waals surface area contributed by atoms with Crippen LogP contribution in [0.4, 0.5) is 4.39 Å². The van der Waals surface area contributed by atoms with Gasteiger partial charge in [-0.2, -0.15) is 0 Å². The van der Waals surface area contributed by atoms with E-state index in [1.54, 1.807) is 42.5 Å². The zero-order chi connectivity index (χ0) is 25.1. The van der Waals surface area contributed by atoms with Gasteiger partial charge in [0.05, 0.1) is 29.8 Å². The summed E-state index contributed by atoms with van der Waals surface area (Å²) in [6.45, 7) is 0. The fraction of sp³-hybridized carbons (Fsp3) is 0.192. The SMILES string of the molecule is COc1ccc(C(=O)CCC(=O)c2ccc(OC)c(-c3c(Br)sc4c(F)cccc34)n2)cc1OC. The van der Waals surface area contributed by atoms with E-state index < -0.39 is 0 Å². The summed E-state index contributed by atoms with van der Waals surface area (Å²) in [6.07, 6.45) is -0.0141. The zero-order valence-corrected chi connectivity index (χ0v) is 21.6. The quantitative estimate of drug-likeness (QED) is 0.212. The van der Waals surface area contributed by atoms with Crippen LogP contribution in [0.15, 0.2) is 52.3 Å². The van der Waals surface area contributed by atoms with Gasteiger partial charge in [0.25, 0.3) is 0 Å². The van der Waals surface area contributed by atoms with Crippen molar-refractivity contribution < 1.29 is 28.2 Å². The predicted octanol–water partition coefficient (Wildman–Crippen LogP) is 6.74. The highest BCUT2D eigenvalue weighted by Crippen LogP contribution is 2.45. The van der Waals surface area contributed by atoms with Gasteiger partial charge < -0.3 is 14.2 Å². The van der Waals surface area contributed by atoms with Crippen molar-refractivity contribution in [3.05, 3.63) is 69.4 Å². The lowest BCUT2D eigenvalue weighted by Gasteiger charge is -2.10. The number of nitrogens with zero attached hydrogens (tertiary/aromatic N) is 1. The van der Waals surface area contributed by atoms with Crippen LogP contribution in [0.5, 0.6) is 17.2 Å². The number of carbonyl (C=O) groups is 2. The molecule has 0 aliphatic carbocycles. The summed E-state index contributed by atoms with van der Waals surface area (Å²) in [5, 5.41) is 0.668. The molecule has 0 unspecified atom stereocenters. The fourth-order valence-electron chi connectivity index (χ4n) is 3.73. The standard InChI is InChI=1S/C26H21BrFNO5S/c1-32-20-11-7-14(13-22(20)34-3)18(30)9-10-19(31)17-8-12-21(33-2)24(29-17)23-15-5-4-6-16(28)25(15)35-26(23)27/h4-8,11-13H,9-10H2,1-3H3. The average molecular weight is 558 g/mol. The predicted molar refractivity (Wildman–Crippen MR) is 137 cm³/mol. The monoisotopic (exact) mass is 557 g/mol. The number of fused-ring (bicyclic) bond motifs is 1.